The van der Waals surface area contributed by atoms with Gasteiger partial charge in [-0.1, -0.05) is 12.1 Å². The summed E-state index contributed by atoms with van der Waals surface area (Å²) in [6, 6.07) is 5.02. The van der Waals surface area contributed by atoms with Gasteiger partial charge in [0.1, 0.15) is 11.9 Å². The Morgan fingerprint density at radius 1 is 1.42 bits per heavy atom. The maximum atomic E-state index is 14.2. The van der Waals surface area contributed by atoms with Crippen LogP contribution in [0.15, 0.2) is 35.1 Å². The first-order valence-electron chi connectivity index (χ1n) is 9.07. The second-order valence-corrected chi connectivity index (χ2v) is 7.88. The quantitative estimate of drug-likeness (QED) is 0.584. The Balaban J connectivity index is 1.64. The zero-order valence-corrected chi connectivity index (χ0v) is 16.2. The van der Waals surface area contributed by atoms with Gasteiger partial charge in [0, 0.05) is 29.6 Å². The standard InChI is InChI=1S/C19H27FN4OS/c1-13-4-3-5-16(20)18(13)17(25-21)7-6-15-12-22-26-19(23-15)14-8-10-24(2)11-9-14/h3-5,12,14,17,22H,6-11,21H2,1-2H3. The van der Waals surface area contributed by atoms with Crippen LogP contribution in [0.5, 0.6) is 0 Å². The van der Waals surface area contributed by atoms with Crippen molar-refractivity contribution in [1.29, 1.82) is 0 Å². The molecule has 142 valence electrons. The summed E-state index contributed by atoms with van der Waals surface area (Å²) in [7, 11) is 2.16. The minimum absolute atomic E-state index is 0.276. The van der Waals surface area contributed by atoms with E-state index in [-0.39, 0.29) is 5.82 Å². The molecule has 0 aromatic heterocycles. The molecule has 0 saturated carbocycles. The highest BCUT2D eigenvalue weighted by Crippen LogP contribution is 2.31. The van der Waals surface area contributed by atoms with E-state index >= 15 is 0 Å². The van der Waals surface area contributed by atoms with Crippen molar-refractivity contribution in [2.75, 3.05) is 20.1 Å². The number of allylic oxidation sites excluding steroid dienone is 1. The third-order valence-electron chi connectivity index (χ3n) is 5.13. The van der Waals surface area contributed by atoms with Crippen LogP contribution < -0.4 is 10.6 Å². The monoisotopic (exact) mass is 378 g/mol. The fourth-order valence-electron chi connectivity index (χ4n) is 3.52. The Morgan fingerprint density at radius 2 is 2.19 bits per heavy atom. The average molecular weight is 379 g/mol. The summed E-state index contributed by atoms with van der Waals surface area (Å²) in [5, 5.41) is 1.16. The molecule has 5 nitrogen and oxygen atoms in total. The molecule has 0 aliphatic carbocycles. The van der Waals surface area contributed by atoms with Crippen molar-refractivity contribution in [3.63, 3.8) is 0 Å². The number of nitrogens with two attached hydrogens (primary N) is 1. The van der Waals surface area contributed by atoms with E-state index < -0.39 is 6.10 Å². The van der Waals surface area contributed by atoms with Crippen molar-refractivity contribution in [3.8, 4) is 0 Å². The molecule has 0 bridgehead atoms. The normalized spacial score (nSPS) is 20.3. The number of nitrogens with one attached hydrogen (secondary N) is 1. The van der Waals surface area contributed by atoms with Crippen LogP contribution in [-0.2, 0) is 4.84 Å². The fourth-order valence-corrected chi connectivity index (χ4v) is 4.41. The molecule has 0 amide bonds. The molecule has 26 heavy (non-hydrogen) atoms. The number of rotatable bonds is 6. The summed E-state index contributed by atoms with van der Waals surface area (Å²) in [6.07, 6.45) is 4.99. The highest BCUT2D eigenvalue weighted by Gasteiger charge is 2.24. The fraction of sp³-hybridized carbons (Fsp3) is 0.526. The Kier molecular flexibility index (Phi) is 6.69. The molecule has 2 aliphatic heterocycles. The lowest BCUT2D eigenvalue weighted by Crippen LogP contribution is -2.33. The molecule has 3 rings (SSSR count). The lowest BCUT2D eigenvalue weighted by molar-refractivity contribution is 0.0437. The Labute approximate surface area is 159 Å². The zero-order valence-electron chi connectivity index (χ0n) is 15.4. The van der Waals surface area contributed by atoms with Crippen LogP contribution >= 0.6 is 11.9 Å². The topological polar surface area (TPSA) is 62.9 Å². The maximum absolute atomic E-state index is 14.2. The smallest absolute Gasteiger partial charge is 0.129 e. The van der Waals surface area contributed by atoms with Crippen molar-refractivity contribution in [1.82, 2.24) is 9.62 Å². The molecule has 7 heteroatoms. The molecular weight excluding hydrogens is 351 g/mol. The van der Waals surface area contributed by atoms with E-state index in [1.54, 1.807) is 18.0 Å². The van der Waals surface area contributed by atoms with E-state index in [2.05, 4.69) is 16.7 Å². The van der Waals surface area contributed by atoms with Gasteiger partial charge in [-0.05, 0) is 64.4 Å². The Hall–Kier alpha value is -1.41. The first-order chi connectivity index (χ1) is 12.6. The molecule has 1 saturated heterocycles. The summed E-state index contributed by atoms with van der Waals surface area (Å²) in [5.41, 5.74) is 2.35. The van der Waals surface area contributed by atoms with Crippen molar-refractivity contribution >= 4 is 17.0 Å². The lowest BCUT2D eigenvalue weighted by atomic mass is 9.97. The molecule has 1 fully saturated rings. The van der Waals surface area contributed by atoms with Crippen molar-refractivity contribution in [2.24, 2.45) is 16.8 Å². The summed E-state index contributed by atoms with van der Waals surface area (Å²) in [6.45, 7) is 4.09. The molecule has 1 atom stereocenters. The molecule has 0 spiro atoms. The second kappa shape index (κ2) is 8.99. The zero-order chi connectivity index (χ0) is 18.5. The highest BCUT2D eigenvalue weighted by molar-refractivity contribution is 8.12. The minimum Gasteiger partial charge on any atom is -0.330 e. The van der Waals surface area contributed by atoms with E-state index in [9.17, 15) is 4.39 Å². The highest BCUT2D eigenvalue weighted by atomic mass is 32.2. The van der Waals surface area contributed by atoms with Gasteiger partial charge in [0.2, 0.25) is 0 Å². The van der Waals surface area contributed by atoms with E-state index in [1.165, 1.54) is 6.07 Å². The minimum atomic E-state index is -0.478. The summed E-state index contributed by atoms with van der Waals surface area (Å²) in [4.78, 5) is 12.3. The van der Waals surface area contributed by atoms with Gasteiger partial charge < -0.3 is 9.62 Å². The number of hydrogen-bond acceptors (Lipinski definition) is 6. The number of nitrogens with zero attached hydrogens (tertiary/aromatic N) is 2. The molecule has 1 aromatic carbocycles. The number of likely N-dealkylation sites (tertiary alicyclic amines) is 1. The van der Waals surface area contributed by atoms with E-state index in [0.29, 0.717) is 24.3 Å². The van der Waals surface area contributed by atoms with Crippen LogP contribution in [0.3, 0.4) is 0 Å². The van der Waals surface area contributed by atoms with Gasteiger partial charge >= 0.3 is 0 Å². The number of benzene rings is 1. The van der Waals surface area contributed by atoms with Gasteiger partial charge in [0.25, 0.3) is 0 Å². The van der Waals surface area contributed by atoms with E-state index in [4.69, 9.17) is 15.7 Å². The molecule has 0 radical (unpaired) electrons. The van der Waals surface area contributed by atoms with Gasteiger partial charge in [0.05, 0.1) is 10.7 Å². The second-order valence-electron chi connectivity index (χ2n) is 7.02. The molecule has 2 aliphatic rings. The van der Waals surface area contributed by atoms with Crippen molar-refractivity contribution in [2.45, 2.75) is 38.7 Å². The van der Waals surface area contributed by atoms with Crippen LogP contribution in [0.2, 0.25) is 0 Å². The van der Waals surface area contributed by atoms with E-state index in [0.717, 1.165) is 42.2 Å². The predicted molar refractivity (Wildman–Crippen MR) is 105 cm³/mol. The summed E-state index contributed by atoms with van der Waals surface area (Å²) in [5.74, 6) is 5.71. The van der Waals surface area contributed by atoms with Crippen LogP contribution in [0, 0.1) is 18.7 Å². The van der Waals surface area contributed by atoms with Gasteiger partial charge in [-0.2, -0.15) is 0 Å². The van der Waals surface area contributed by atoms with Gasteiger partial charge in [-0.25, -0.2) is 15.3 Å². The van der Waals surface area contributed by atoms with Crippen LogP contribution in [-0.4, -0.2) is 30.1 Å². The first-order valence-corrected chi connectivity index (χ1v) is 9.89. The number of hydrogen-bond donors (Lipinski definition) is 2. The number of halogens is 1. The molecular formula is C19H27FN4OS. The first kappa shape index (κ1) is 19.4. The van der Waals surface area contributed by atoms with Crippen LogP contribution in [0.1, 0.15) is 42.9 Å². The van der Waals surface area contributed by atoms with E-state index in [1.807, 2.05) is 19.2 Å². The van der Waals surface area contributed by atoms with Crippen LogP contribution in [0.4, 0.5) is 4.39 Å². The molecule has 1 aromatic rings. The molecule has 2 heterocycles. The van der Waals surface area contributed by atoms with Gasteiger partial charge in [0.15, 0.2) is 0 Å². The van der Waals surface area contributed by atoms with Gasteiger partial charge in [-0.3, -0.25) is 4.84 Å². The largest absolute Gasteiger partial charge is 0.330 e. The maximum Gasteiger partial charge on any atom is 0.129 e. The third-order valence-corrected chi connectivity index (χ3v) is 6.00. The SMILES string of the molecule is Cc1cccc(F)c1C(CCC1=CNSC(C2CCN(C)CC2)=N1)ON. The van der Waals surface area contributed by atoms with Gasteiger partial charge in [-0.15, -0.1) is 0 Å². The lowest BCUT2D eigenvalue weighted by Gasteiger charge is -2.30. The molecule has 3 N–H and O–H groups in total. The number of aliphatic imine (C=N–C) groups is 1. The van der Waals surface area contributed by atoms with Crippen LogP contribution in [0.25, 0.3) is 0 Å². The average Bonchev–Trinajstić information content (AvgIpc) is 2.65. The predicted octanol–water partition coefficient (Wildman–Crippen LogP) is 3.68. The van der Waals surface area contributed by atoms with Crippen molar-refractivity contribution in [3.05, 3.63) is 47.0 Å². The van der Waals surface area contributed by atoms with Crippen molar-refractivity contribution < 1.29 is 9.23 Å². The molecule has 1 unspecified atom stereocenters. The summed E-state index contributed by atoms with van der Waals surface area (Å²) >= 11 is 1.61. The number of aryl methyl sites for hydroxylation is 1. The Morgan fingerprint density at radius 3 is 2.88 bits per heavy atom. The Bertz CT molecular complexity index is 666. The number of piperidine rings is 1. The third kappa shape index (κ3) is 4.65. The summed E-state index contributed by atoms with van der Waals surface area (Å²) < 4.78 is 17.5.